The number of halogens is 1. The third-order valence-electron chi connectivity index (χ3n) is 5.46. The van der Waals surface area contributed by atoms with Gasteiger partial charge in [0.05, 0.1) is 31.8 Å². The van der Waals surface area contributed by atoms with E-state index in [-0.39, 0.29) is 29.6 Å². The van der Waals surface area contributed by atoms with E-state index in [0.717, 1.165) is 11.1 Å². The Hall–Kier alpha value is -2.53. The molecule has 0 spiro atoms. The zero-order valence-corrected chi connectivity index (χ0v) is 19.7. The lowest BCUT2D eigenvalue weighted by molar-refractivity contribution is -0.122. The van der Waals surface area contributed by atoms with Crippen molar-refractivity contribution in [3.63, 3.8) is 0 Å². The number of sulfonamides is 1. The van der Waals surface area contributed by atoms with E-state index >= 15 is 0 Å². The summed E-state index contributed by atoms with van der Waals surface area (Å²) in [5.41, 5.74) is 1.55. The number of amides is 1. The van der Waals surface area contributed by atoms with Crippen molar-refractivity contribution in [1.29, 1.82) is 0 Å². The van der Waals surface area contributed by atoms with E-state index in [1.54, 1.807) is 36.4 Å². The van der Waals surface area contributed by atoms with Crippen molar-refractivity contribution in [3.8, 4) is 5.75 Å². The van der Waals surface area contributed by atoms with Crippen LogP contribution in [0.5, 0.6) is 5.75 Å². The van der Waals surface area contributed by atoms with E-state index in [1.807, 2.05) is 11.8 Å². The van der Waals surface area contributed by atoms with Gasteiger partial charge in [-0.25, -0.2) is 12.8 Å². The van der Waals surface area contributed by atoms with E-state index in [0.29, 0.717) is 39.4 Å². The molecule has 0 unspecified atom stereocenters. The lowest BCUT2D eigenvalue weighted by Gasteiger charge is -2.26. The number of rotatable bonds is 10. The molecule has 8 nitrogen and oxygen atoms in total. The van der Waals surface area contributed by atoms with Gasteiger partial charge < -0.3 is 14.8 Å². The second kappa shape index (κ2) is 11.6. The number of nitrogens with zero attached hydrogens (tertiary/aromatic N) is 2. The number of methoxy groups -OCH3 is 1. The van der Waals surface area contributed by atoms with Crippen molar-refractivity contribution in [3.05, 3.63) is 59.4 Å². The Labute approximate surface area is 194 Å². The summed E-state index contributed by atoms with van der Waals surface area (Å²) in [5, 5.41) is 2.85. The fraction of sp³-hybridized carbons (Fsp3) is 0.435. The van der Waals surface area contributed by atoms with E-state index in [9.17, 15) is 17.6 Å². The van der Waals surface area contributed by atoms with Crippen LogP contribution in [-0.4, -0.2) is 70.0 Å². The minimum Gasteiger partial charge on any atom is -0.494 e. The number of carbonyl (C=O) groups excluding carboxylic acids is 1. The van der Waals surface area contributed by atoms with Gasteiger partial charge in [0.2, 0.25) is 15.9 Å². The van der Waals surface area contributed by atoms with Gasteiger partial charge in [-0.15, -0.1) is 0 Å². The number of hydrogen-bond acceptors (Lipinski definition) is 6. The van der Waals surface area contributed by atoms with Crippen LogP contribution in [0.25, 0.3) is 0 Å². The number of benzene rings is 2. The van der Waals surface area contributed by atoms with Gasteiger partial charge in [-0.05, 0) is 41.9 Å². The molecule has 33 heavy (non-hydrogen) atoms. The normalized spacial score (nSPS) is 14.9. The average molecular weight is 480 g/mol. The van der Waals surface area contributed by atoms with Crippen LogP contribution in [0.2, 0.25) is 0 Å². The first-order valence-electron chi connectivity index (χ1n) is 10.8. The first-order valence-corrected chi connectivity index (χ1v) is 12.3. The Kier molecular flexibility index (Phi) is 8.79. The van der Waals surface area contributed by atoms with Gasteiger partial charge >= 0.3 is 0 Å². The zero-order chi connectivity index (χ0) is 23.8. The highest BCUT2D eigenvalue weighted by Crippen LogP contribution is 2.19. The van der Waals surface area contributed by atoms with E-state index in [2.05, 4.69) is 5.32 Å². The second-order valence-corrected chi connectivity index (χ2v) is 9.65. The number of ether oxygens (including phenoxy) is 2. The summed E-state index contributed by atoms with van der Waals surface area (Å²) in [4.78, 5) is 14.5. The lowest BCUT2D eigenvalue weighted by Crippen LogP contribution is -2.40. The molecule has 0 aromatic heterocycles. The fourth-order valence-corrected chi connectivity index (χ4v) is 4.93. The molecular weight excluding hydrogens is 449 g/mol. The molecule has 1 aliphatic heterocycles. The topological polar surface area (TPSA) is 88.2 Å². The summed E-state index contributed by atoms with van der Waals surface area (Å²) < 4.78 is 50.9. The Bertz CT molecular complexity index is 1040. The highest BCUT2D eigenvalue weighted by atomic mass is 32.2. The lowest BCUT2D eigenvalue weighted by atomic mass is 10.2. The summed E-state index contributed by atoms with van der Waals surface area (Å²) in [6.45, 7) is 4.90. The quantitative estimate of drug-likeness (QED) is 0.561. The van der Waals surface area contributed by atoms with Crippen LogP contribution in [0.15, 0.2) is 47.4 Å². The fourth-order valence-electron chi connectivity index (χ4n) is 3.52. The third-order valence-corrected chi connectivity index (χ3v) is 7.37. The number of morpholine rings is 1. The second-order valence-electron chi connectivity index (χ2n) is 7.71. The number of carbonyl (C=O) groups is 1. The summed E-state index contributed by atoms with van der Waals surface area (Å²) in [5.74, 6) is -0.422. The maximum atomic E-state index is 13.9. The van der Waals surface area contributed by atoms with Crippen molar-refractivity contribution in [2.45, 2.75) is 24.9 Å². The molecule has 1 N–H and O–H groups in total. The van der Waals surface area contributed by atoms with Gasteiger partial charge in [-0.3, -0.25) is 9.69 Å². The molecule has 0 atom stereocenters. The molecule has 0 radical (unpaired) electrons. The molecule has 0 bridgehead atoms. The van der Waals surface area contributed by atoms with Crippen LogP contribution in [0.1, 0.15) is 18.1 Å². The van der Waals surface area contributed by atoms with Crippen LogP contribution >= 0.6 is 0 Å². The summed E-state index contributed by atoms with van der Waals surface area (Å²) >= 11 is 0. The Balaban J connectivity index is 1.51. The van der Waals surface area contributed by atoms with Gasteiger partial charge in [-0.1, -0.05) is 25.1 Å². The minimum absolute atomic E-state index is 0.160. The predicted molar refractivity (Wildman–Crippen MR) is 122 cm³/mol. The summed E-state index contributed by atoms with van der Waals surface area (Å²) in [6, 6.07) is 11.3. The Morgan fingerprint density at radius 3 is 2.42 bits per heavy atom. The van der Waals surface area contributed by atoms with Gasteiger partial charge in [0.1, 0.15) is 0 Å². The number of hydrogen-bond donors (Lipinski definition) is 1. The van der Waals surface area contributed by atoms with Crippen LogP contribution in [0.3, 0.4) is 0 Å². The zero-order valence-electron chi connectivity index (χ0n) is 18.9. The van der Waals surface area contributed by atoms with Crippen LogP contribution in [0.4, 0.5) is 4.39 Å². The monoisotopic (exact) mass is 479 g/mol. The minimum atomic E-state index is -3.54. The molecule has 1 heterocycles. The first-order chi connectivity index (χ1) is 15.8. The molecule has 1 amide bonds. The van der Waals surface area contributed by atoms with Gasteiger partial charge in [0.25, 0.3) is 0 Å². The van der Waals surface area contributed by atoms with Crippen molar-refractivity contribution >= 4 is 15.9 Å². The van der Waals surface area contributed by atoms with Gasteiger partial charge in [0.15, 0.2) is 11.6 Å². The predicted octanol–water partition coefficient (Wildman–Crippen LogP) is 1.99. The maximum Gasteiger partial charge on any atom is 0.243 e. The Morgan fingerprint density at radius 2 is 1.82 bits per heavy atom. The van der Waals surface area contributed by atoms with Gasteiger partial charge in [-0.2, -0.15) is 4.31 Å². The molecule has 1 saturated heterocycles. The maximum absolute atomic E-state index is 13.9. The molecule has 10 heteroatoms. The third kappa shape index (κ3) is 6.73. The summed E-state index contributed by atoms with van der Waals surface area (Å²) in [7, 11) is -2.13. The largest absolute Gasteiger partial charge is 0.494 e. The molecule has 2 aromatic rings. The molecule has 1 aliphatic rings. The van der Waals surface area contributed by atoms with Crippen LogP contribution in [0, 0.1) is 5.82 Å². The van der Waals surface area contributed by atoms with Gasteiger partial charge in [0, 0.05) is 26.2 Å². The highest BCUT2D eigenvalue weighted by molar-refractivity contribution is 7.89. The van der Waals surface area contributed by atoms with Crippen LogP contribution < -0.4 is 10.1 Å². The number of nitrogens with one attached hydrogen (secondary N) is 1. The summed E-state index contributed by atoms with van der Waals surface area (Å²) in [6.07, 6.45) is 0. The number of likely N-dealkylation sites (N-methyl/N-ethyl adjacent to an activating group) is 1. The highest BCUT2D eigenvalue weighted by Gasteiger charge is 2.26. The first kappa shape index (κ1) is 25.1. The SMILES string of the molecule is CCN(CC(=O)NCc1ccc(S(=O)(=O)N2CCOCC2)cc1)Cc1ccc(OC)c(F)c1. The standard InChI is InChI=1S/C23H30FN3O5S/c1-3-26(16-19-6-9-22(31-2)21(24)14-19)17-23(28)25-15-18-4-7-20(8-5-18)33(29,30)27-10-12-32-13-11-27/h4-9,14H,3,10-13,15-17H2,1-2H3,(H,25,28). The Morgan fingerprint density at radius 1 is 1.15 bits per heavy atom. The molecule has 180 valence electrons. The van der Waals surface area contributed by atoms with E-state index in [1.165, 1.54) is 17.5 Å². The van der Waals surface area contributed by atoms with Crippen molar-refractivity contribution in [1.82, 2.24) is 14.5 Å². The van der Waals surface area contributed by atoms with E-state index < -0.39 is 15.8 Å². The molecule has 0 aliphatic carbocycles. The van der Waals surface area contributed by atoms with Crippen LogP contribution in [-0.2, 0) is 32.6 Å². The van der Waals surface area contributed by atoms with Crippen molar-refractivity contribution < 1.29 is 27.1 Å². The molecule has 0 saturated carbocycles. The van der Waals surface area contributed by atoms with E-state index in [4.69, 9.17) is 9.47 Å². The molecule has 3 rings (SSSR count). The molecule has 2 aromatic carbocycles. The van der Waals surface area contributed by atoms with Crippen molar-refractivity contribution in [2.75, 3.05) is 46.5 Å². The molecule has 1 fully saturated rings. The average Bonchev–Trinajstić information content (AvgIpc) is 2.83. The smallest absolute Gasteiger partial charge is 0.243 e. The molecular formula is C23H30FN3O5S. The van der Waals surface area contributed by atoms with Crippen molar-refractivity contribution in [2.24, 2.45) is 0 Å².